The lowest BCUT2D eigenvalue weighted by atomic mass is 10.1. The quantitative estimate of drug-likeness (QED) is 0.734. The molecule has 0 saturated carbocycles. The number of hydrogen-bond donors (Lipinski definition) is 1. The summed E-state index contributed by atoms with van der Waals surface area (Å²) >= 11 is 0. The second kappa shape index (κ2) is 8.51. The Morgan fingerprint density at radius 1 is 1.38 bits per heavy atom. The Kier molecular flexibility index (Phi) is 7.34. The van der Waals surface area contributed by atoms with Crippen LogP contribution in [-0.4, -0.2) is 49.8 Å². The maximum absolute atomic E-state index is 12.1. The minimum atomic E-state index is -3.08. The summed E-state index contributed by atoms with van der Waals surface area (Å²) in [6, 6.07) is 7.51. The molecule has 1 rings (SSSR count). The van der Waals surface area contributed by atoms with Gasteiger partial charge in [0.15, 0.2) is 0 Å². The van der Waals surface area contributed by atoms with Gasteiger partial charge in [-0.25, -0.2) is 8.42 Å². The van der Waals surface area contributed by atoms with E-state index >= 15 is 0 Å². The first-order chi connectivity index (χ1) is 9.85. The summed E-state index contributed by atoms with van der Waals surface area (Å²) in [5, 5.41) is 3.28. The number of ether oxygens (including phenoxy) is 1. The average molecular weight is 333 g/mol. The largest absolute Gasteiger partial charge is 0.497 e. The Morgan fingerprint density at radius 2 is 2.10 bits per heavy atom. The van der Waals surface area contributed by atoms with Gasteiger partial charge >= 0.3 is 0 Å². The summed E-state index contributed by atoms with van der Waals surface area (Å²) in [6.07, 6.45) is 1.16. The van der Waals surface area contributed by atoms with E-state index in [1.807, 2.05) is 31.2 Å². The minimum absolute atomic E-state index is 0.0451. The molecule has 1 aromatic carbocycles. The van der Waals surface area contributed by atoms with Crippen LogP contribution in [0.5, 0.6) is 5.75 Å². The molecule has 1 N–H and O–H groups in total. The summed E-state index contributed by atoms with van der Waals surface area (Å²) < 4.78 is 39.5. The van der Waals surface area contributed by atoms with E-state index in [9.17, 15) is 12.6 Å². The zero-order chi connectivity index (χ0) is 15.9. The standard InChI is InChI=1S/C14H23NO4S2/c1-4-15-14(11-20(16)8-9-21(3,17)18)12-6-5-7-13(10-12)19-2/h5-7,10,14-15H,4,8-9,11H2,1-3H3. The molecule has 2 atom stereocenters. The summed E-state index contributed by atoms with van der Waals surface area (Å²) in [7, 11) is -2.66. The van der Waals surface area contributed by atoms with E-state index in [0.29, 0.717) is 5.75 Å². The van der Waals surface area contributed by atoms with Crippen molar-refractivity contribution in [3.63, 3.8) is 0 Å². The molecule has 1 aromatic rings. The third-order valence-corrected chi connectivity index (χ3v) is 5.55. The zero-order valence-corrected chi connectivity index (χ0v) is 14.3. The lowest BCUT2D eigenvalue weighted by Crippen LogP contribution is -2.27. The maximum Gasteiger partial charge on any atom is 0.148 e. The van der Waals surface area contributed by atoms with E-state index in [1.165, 1.54) is 0 Å². The molecule has 0 aliphatic rings. The van der Waals surface area contributed by atoms with Crippen molar-refractivity contribution in [2.45, 2.75) is 13.0 Å². The maximum atomic E-state index is 12.1. The summed E-state index contributed by atoms with van der Waals surface area (Å²) in [6.45, 7) is 2.72. The van der Waals surface area contributed by atoms with Gasteiger partial charge in [-0.05, 0) is 24.2 Å². The van der Waals surface area contributed by atoms with Crippen LogP contribution >= 0.6 is 0 Å². The molecule has 0 bridgehead atoms. The molecule has 21 heavy (non-hydrogen) atoms. The minimum Gasteiger partial charge on any atom is -0.497 e. The van der Waals surface area contributed by atoms with Gasteiger partial charge in [-0.2, -0.15) is 0 Å². The van der Waals surface area contributed by atoms with E-state index in [0.717, 1.165) is 24.1 Å². The number of sulfone groups is 1. The molecule has 0 heterocycles. The Hall–Kier alpha value is -0.920. The molecule has 0 fully saturated rings. The van der Waals surface area contributed by atoms with E-state index in [4.69, 9.17) is 4.74 Å². The lowest BCUT2D eigenvalue weighted by molar-refractivity contribution is 0.413. The fourth-order valence-corrected chi connectivity index (χ4v) is 4.69. The van der Waals surface area contributed by atoms with Crippen molar-refractivity contribution in [3.8, 4) is 5.75 Å². The predicted molar refractivity (Wildman–Crippen MR) is 87.0 cm³/mol. The zero-order valence-electron chi connectivity index (χ0n) is 12.7. The van der Waals surface area contributed by atoms with Crippen LogP contribution in [0.1, 0.15) is 18.5 Å². The number of nitrogens with one attached hydrogen (secondary N) is 1. The van der Waals surface area contributed by atoms with E-state index < -0.39 is 20.6 Å². The first-order valence-corrected chi connectivity index (χ1v) is 10.3. The molecule has 2 unspecified atom stereocenters. The third kappa shape index (κ3) is 7.06. The van der Waals surface area contributed by atoms with Gasteiger partial charge in [-0.3, -0.25) is 4.21 Å². The molecule has 0 aromatic heterocycles. The Balaban J connectivity index is 2.74. The molecular formula is C14H23NO4S2. The molecule has 0 spiro atoms. The number of hydrogen-bond acceptors (Lipinski definition) is 5. The van der Waals surface area contributed by atoms with Gasteiger partial charge in [0.25, 0.3) is 0 Å². The molecule has 0 aliphatic heterocycles. The van der Waals surface area contributed by atoms with Gasteiger partial charge in [0.1, 0.15) is 15.6 Å². The molecule has 0 aliphatic carbocycles. The average Bonchev–Trinajstić information content (AvgIpc) is 2.44. The van der Waals surface area contributed by atoms with Crippen molar-refractivity contribution in [1.29, 1.82) is 0 Å². The van der Waals surface area contributed by atoms with Crippen molar-refractivity contribution in [2.75, 3.05) is 37.2 Å². The molecule has 120 valence electrons. The predicted octanol–water partition coefficient (Wildman–Crippen LogP) is 1.14. The molecule has 7 heteroatoms. The first kappa shape index (κ1) is 18.1. The van der Waals surface area contributed by atoms with Gasteiger partial charge in [0.05, 0.1) is 12.9 Å². The van der Waals surface area contributed by atoms with Gasteiger partial charge < -0.3 is 10.1 Å². The molecule has 5 nitrogen and oxygen atoms in total. The van der Waals surface area contributed by atoms with Gasteiger partial charge in [0, 0.05) is 34.6 Å². The monoisotopic (exact) mass is 333 g/mol. The number of methoxy groups -OCH3 is 1. The smallest absolute Gasteiger partial charge is 0.148 e. The topological polar surface area (TPSA) is 72.5 Å². The van der Waals surface area contributed by atoms with Crippen molar-refractivity contribution in [3.05, 3.63) is 29.8 Å². The van der Waals surface area contributed by atoms with Crippen molar-refractivity contribution >= 4 is 20.6 Å². The van der Waals surface area contributed by atoms with Crippen molar-refractivity contribution in [2.24, 2.45) is 0 Å². The first-order valence-electron chi connectivity index (χ1n) is 6.75. The van der Waals surface area contributed by atoms with Crippen LogP contribution < -0.4 is 10.1 Å². The SMILES string of the molecule is CCNC(CS(=O)CCS(C)(=O)=O)c1cccc(OC)c1. The van der Waals surface area contributed by atoms with Crippen LogP contribution in [0.4, 0.5) is 0 Å². The van der Waals surface area contributed by atoms with Crippen LogP contribution in [0.2, 0.25) is 0 Å². The Morgan fingerprint density at radius 3 is 2.67 bits per heavy atom. The molecule has 0 saturated heterocycles. The van der Waals surface area contributed by atoms with Crippen molar-refractivity contribution < 1.29 is 17.4 Å². The van der Waals surface area contributed by atoms with Gasteiger partial charge in [-0.1, -0.05) is 19.1 Å². The normalized spacial score (nSPS) is 14.6. The van der Waals surface area contributed by atoms with Gasteiger partial charge in [-0.15, -0.1) is 0 Å². The number of rotatable bonds is 9. The fourth-order valence-electron chi connectivity index (χ4n) is 1.89. The van der Waals surface area contributed by atoms with Crippen LogP contribution in [-0.2, 0) is 20.6 Å². The second-order valence-electron chi connectivity index (χ2n) is 4.83. The Labute approximate surface area is 129 Å². The summed E-state index contributed by atoms with van der Waals surface area (Å²) in [5.41, 5.74) is 0.990. The second-order valence-corrected chi connectivity index (χ2v) is 8.71. The highest BCUT2D eigenvalue weighted by Gasteiger charge is 2.16. The lowest BCUT2D eigenvalue weighted by Gasteiger charge is -2.18. The van der Waals surface area contributed by atoms with Crippen LogP contribution in [0, 0.1) is 0 Å². The van der Waals surface area contributed by atoms with Crippen LogP contribution in [0.25, 0.3) is 0 Å². The van der Waals surface area contributed by atoms with Crippen molar-refractivity contribution in [1.82, 2.24) is 5.32 Å². The van der Waals surface area contributed by atoms with Gasteiger partial charge in [0.2, 0.25) is 0 Å². The van der Waals surface area contributed by atoms with Crippen LogP contribution in [0.3, 0.4) is 0 Å². The molecular weight excluding hydrogens is 310 g/mol. The highest BCUT2D eigenvalue weighted by atomic mass is 32.2. The summed E-state index contributed by atoms with van der Waals surface area (Å²) in [5.74, 6) is 1.26. The summed E-state index contributed by atoms with van der Waals surface area (Å²) in [4.78, 5) is 0. The van der Waals surface area contributed by atoms with Crippen LogP contribution in [0.15, 0.2) is 24.3 Å². The fraction of sp³-hybridized carbons (Fsp3) is 0.571. The number of benzene rings is 1. The Bertz CT molecular complexity index is 572. The third-order valence-electron chi connectivity index (χ3n) is 2.98. The highest BCUT2D eigenvalue weighted by Crippen LogP contribution is 2.20. The molecule has 0 radical (unpaired) electrons. The highest BCUT2D eigenvalue weighted by molar-refractivity contribution is 7.92. The van der Waals surface area contributed by atoms with E-state index in [1.54, 1.807) is 7.11 Å². The molecule has 0 amide bonds. The van der Waals surface area contributed by atoms with E-state index in [2.05, 4.69) is 5.32 Å². The van der Waals surface area contributed by atoms with E-state index in [-0.39, 0.29) is 17.5 Å².